The van der Waals surface area contributed by atoms with E-state index in [1.54, 1.807) is 36.7 Å². The van der Waals surface area contributed by atoms with Crippen LogP contribution in [0.3, 0.4) is 0 Å². The number of aryl methyl sites for hydroxylation is 1. The lowest BCUT2D eigenvalue weighted by molar-refractivity contribution is -0.141. The predicted octanol–water partition coefficient (Wildman–Crippen LogP) is 6.75. The molecule has 1 atom stereocenters. The predicted molar refractivity (Wildman–Crippen MR) is 123 cm³/mol. The summed E-state index contributed by atoms with van der Waals surface area (Å²) >= 11 is 0. The van der Waals surface area contributed by atoms with E-state index in [1.165, 1.54) is 12.4 Å². The largest absolute Gasteiger partial charge is 0.435 e. The van der Waals surface area contributed by atoms with Crippen molar-refractivity contribution in [2.75, 3.05) is 5.32 Å². The molecule has 6 nitrogen and oxygen atoms in total. The molecule has 0 fully saturated rings. The van der Waals surface area contributed by atoms with Gasteiger partial charge in [0.25, 0.3) is 0 Å². The van der Waals surface area contributed by atoms with Crippen molar-refractivity contribution in [2.24, 2.45) is 0 Å². The number of rotatable bonds is 6. The van der Waals surface area contributed by atoms with Gasteiger partial charge in [-0.25, -0.2) is 9.50 Å². The second-order valence-corrected chi connectivity index (χ2v) is 8.31. The highest BCUT2D eigenvalue weighted by atomic mass is 19.4. The van der Waals surface area contributed by atoms with Crippen molar-refractivity contribution in [3.8, 4) is 0 Å². The number of halogens is 6. The molecular formula is C24H24F6N6. The molecule has 0 radical (unpaired) electrons. The molecule has 4 heterocycles. The van der Waals surface area contributed by atoms with Crippen molar-refractivity contribution in [2.45, 2.75) is 58.0 Å². The van der Waals surface area contributed by atoms with E-state index in [1.807, 2.05) is 0 Å². The molecule has 1 aliphatic heterocycles. The second-order valence-electron chi connectivity index (χ2n) is 8.31. The summed E-state index contributed by atoms with van der Waals surface area (Å²) in [6.07, 6.45) is 0.564. The second kappa shape index (κ2) is 9.82. The normalized spacial score (nSPS) is 17.7. The lowest BCUT2D eigenvalue weighted by Crippen LogP contribution is -2.22. The Morgan fingerprint density at radius 3 is 2.61 bits per heavy atom. The summed E-state index contributed by atoms with van der Waals surface area (Å²) in [6.45, 7) is 3.90. The maximum absolute atomic E-state index is 13.5. The minimum absolute atomic E-state index is 0.163. The highest BCUT2D eigenvalue weighted by Gasteiger charge is 2.35. The first kappa shape index (κ1) is 25.5. The van der Waals surface area contributed by atoms with Gasteiger partial charge in [0.05, 0.1) is 23.0 Å². The summed E-state index contributed by atoms with van der Waals surface area (Å²) in [5, 5.41) is 11.3. The number of aromatic nitrogens is 5. The van der Waals surface area contributed by atoms with E-state index in [2.05, 4.69) is 20.5 Å². The Hall–Kier alpha value is -3.57. The number of alkyl halides is 6. The van der Waals surface area contributed by atoms with Crippen LogP contribution in [0.5, 0.6) is 0 Å². The van der Waals surface area contributed by atoms with Gasteiger partial charge in [-0.2, -0.15) is 36.5 Å². The Bertz CT molecular complexity index is 1330. The van der Waals surface area contributed by atoms with Gasteiger partial charge in [-0.3, -0.25) is 4.68 Å². The molecule has 4 rings (SSSR count). The molecule has 0 saturated heterocycles. The quantitative estimate of drug-likeness (QED) is 0.294. The Kier molecular flexibility index (Phi) is 6.96. The lowest BCUT2D eigenvalue weighted by atomic mass is 10.0. The molecule has 36 heavy (non-hydrogen) atoms. The Morgan fingerprint density at radius 2 is 1.94 bits per heavy atom. The van der Waals surface area contributed by atoms with Gasteiger partial charge in [0.15, 0.2) is 11.5 Å². The number of hydrogen-bond donors (Lipinski definition) is 1. The monoisotopic (exact) mass is 510 g/mol. The fourth-order valence-corrected chi connectivity index (χ4v) is 4.14. The SMILES string of the molecule is C\C=C/C(=C\C(=C\CC)C(F)(F)F)c1cc2n(n1)CCCC2Nc1nccn2nc(C(F)(F)F)cc12. The van der Waals surface area contributed by atoms with Crippen LogP contribution >= 0.6 is 0 Å². The standard InChI is InChI=1S/C24H24F6N6/c1-3-6-15(12-16(7-4-2)23(25,26)27)18-13-19-17(8-5-10-35(19)33-18)32-22-20-14-21(24(28,29)30)34-36(20)11-9-31-22/h3,6-7,9,11-14,17H,4-5,8,10H2,1-2H3,(H,31,32)/b6-3-,15-12+,16-7-. The molecule has 3 aromatic rings. The minimum Gasteiger partial charge on any atom is -0.360 e. The van der Waals surface area contributed by atoms with Gasteiger partial charge in [-0.1, -0.05) is 25.2 Å². The molecule has 0 saturated carbocycles. The first-order valence-corrected chi connectivity index (χ1v) is 11.4. The van der Waals surface area contributed by atoms with Gasteiger partial charge in [0.2, 0.25) is 0 Å². The van der Waals surface area contributed by atoms with Crippen LogP contribution in [0.2, 0.25) is 0 Å². The highest BCUT2D eigenvalue weighted by molar-refractivity contribution is 5.75. The smallest absolute Gasteiger partial charge is 0.360 e. The van der Waals surface area contributed by atoms with Crippen LogP contribution in [-0.2, 0) is 12.7 Å². The van der Waals surface area contributed by atoms with Crippen LogP contribution in [0.15, 0.2) is 54.4 Å². The number of hydrogen-bond acceptors (Lipinski definition) is 4. The third-order valence-corrected chi connectivity index (χ3v) is 5.73. The molecule has 0 spiro atoms. The van der Waals surface area contributed by atoms with Crippen molar-refractivity contribution in [1.82, 2.24) is 24.4 Å². The zero-order valence-corrected chi connectivity index (χ0v) is 19.5. The Labute approximate surface area is 203 Å². The number of nitrogens with zero attached hydrogens (tertiary/aromatic N) is 5. The van der Waals surface area contributed by atoms with Gasteiger partial charge in [0.1, 0.15) is 5.52 Å². The first-order chi connectivity index (χ1) is 17.0. The summed E-state index contributed by atoms with van der Waals surface area (Å²) < 4.78 is 82.8. The van der Waals surface area contributed by atoms with Crippen molar-refractivity contribution in [3.63, 3.8) is 0 Å². The Balaban J connectivity index is 1.70. The summed E-state index contributed by atoms with van der Waals surface area (Å²) in [4.78, 5) is 4.20. The molecule has 0 aliphatic carbocycles. The number of fused-ring (bicyclic) bond motifs is 2. The van der Waals surface area contributed by atoms with Crippen LogP contribution in [-0.4, -0.2) is 30.6 Å². The van der Waals surface area contributed by atoms with Crippen molar-refractivity contribution >= 4 is 16.9 Å². The summed E-state index contributed by atoms with van der Waals surface area (Å²) in [5.74, 6) is 0.219. The third-order valence-electron chi connectivity index (χ3n) is 5.73. The van der Waals surface area contributed by atoms with Gasteiger partial charge in [0, 0.05) is 30.6 Å². The molecular weight excluding hydrogens is 486 g/mol. The van der Waals surface area contributed by atoms with Crippen molar-refractivity contribution in [3.05, 3.63) is 71.5 Å². The van der Waals surface area contributed by atoms with E-state index in [9.17, 15) is 26.3 Å². The molecule has 3 aromatic heterocycles. The van der Waals surface area contributed by atoms with Crippen LogP contribution < -0.4 is 5.32 Å². The summed E-state index contributed by atoms with van der Waals surface area (Å²) in [5.41, 5.74) is -0.235. The van der Waals surface area contributed by atoms with Crippen molar-refractivity contribution < 1.29 is 26.3 Å². The van der Waals surface area contributed by atoms with E-state index in [-0.39, 0.29) is 23.8 Å². The van der Waals surface area contributed by atoms with E-state index < -0.39 is 23.6 Å². The van der Waals surface area contributed by atoms with E-state index >= 15 is 0 Å². The molecule has 1 N–H and O–H groups in total. The zero-order valence-electron chi connectivity index (χ0n) is 19.5. The minimum atomic E-state index is -4.60. The average molecular weight is 510 g/mol. The van der Waals surface area contributed by atoms with Crippen molar-refractivity contribution in [1.29, 1.82) is 0 Å². The molecule has 0 aromatic carbocycles. The first-order valence-electron chi connectivity index (χ1n) is 11.4. The third kappa shape index (κ3) is 5.31. The number of anilines is 1. The lowest BCUT2D eigenvalue weighted by Gasteiger charge is -2.25. The van der Waals surface area contributed by atoms with Gasteiger partial charge < -0.3 is 5.32 Å². The topological polar surface area (TPSA) is 60.0 Å². The Morgan fingerprint density at radius 1 is 1.17 bits per heavy atom. The van der Waals surface area contributed by atoms with E-state index in [0.29, 0.717) is 36.3 Å². The fourth-order valence-electron chi connectivity index (χ4n) is 4.14. The molecule has 1 unspecified atom stereocenters. The van der Waals surface area contributed by atoms with Crippen LogP contribution in [0.1, 0.15) is 56.2 Å². The molecule has 192 valence electrons. The van der Waals surface area contributed by atoms with Crippen LogP contribution in [0.25, 0.3) is 11.1 Å². The van der Waals surface area contributed by atoms with E-state index in [0.717, 1.165) is 22.7 Å². The average Bonchev–Trinajstić information content (AvgIpc) is 3.43. The molecule has 0 bridgehead atoms. The van der Waals surface area contributed by atoms with Gasteiger partial charge >= 0.3 is 12.4 Å². The maximum Gasteiger partial charge on any atom is 0.435 e. The number of allylic oxidation sites excluding steroid dienone is 6. The van der Waals surface area contributed by atoms with Gasteiger partial charge in [-0.15, -0.1) is 0 Å². The zero-order chi connectivity index (χ0) is 26.1. The van der Waals surface area contributed by atoms with E-state index in [4.69, 9.17) is 0 Å². The number of nitrogens with one attached hydrogen (secondary N) is 1. The molecule has 1 aliphatic rings. The van der Waals surface area contributed by atoms with Crippen LogP contribution in [0.4, 0.5) is 32.2 Å². The summed E-state index contributed by atoms with van der Waals surface area (Å²) in [6, 6.07) is 2.27. The molecule has 0 amide bonds. The summed E-state index contributed by atoms with van der Waals surface area (Å²) in [7, 11) is 0. The maximum atomic E-state index is 13.5. The fraction of sp³-hybridized carbons (Fsp3) is 0.375. The van der Waals surface area contributed by atoms with Gasteiger partial charge in [-0.05, 0) is 38.3 Å². The molecule has 12 heteroatoms. The highest BCUT2D eigenvalue weighted by Crippen LogP contribution is 2.35. The van der Waals surface area contributed by atoms with Crippen LogP contribution in [0, 0.1) is 0 Å².